The van der Waals surface area contributed by atoms with Crippen molar-refractivity contribution in [2.24, 2.45) is 0 Å². The molecule has 0 aromatic heterocycles. The van der Waals surface area contributed by atoms with Crippen LogP contribution >= 0.6 is 0 Å². The molecule has 2 rings (SSSR count). The van der Waals surface area contributed by atoms with Gasteiger partial charge < -0.3 is 9.84 Å². The largest absolute Gasteiger partial charge is 0.490 e. The Kier molecular flexibility index (Phi) is 4.24. The molecule has 1 atom stereocenters. The number of hydrogen-bond donors (Lipinski definition) is 1. The molecule has 3 nitrogen and oxygen atoms in total. The van der Waals surface area contributed by atoms with E-state index in [0.29, 0.717) is 6.42 Å². The molecule has 0 bridgehead atoms. The second kappa shape index (κ2) is 5.89. The fourth-order valence-electron chi connectivity index (χ4n) is 2.48. The standard InChI is InChI=1S/C15H20O3/c1-2-4-11-5-3-6-12-7-8-13(18-15(11)12)9-10-14(16)17/h3,5-6,13H,2,4,7-10H2,1H3,(H,16,17)/t13-/m0/s1. The molecule has 1 N–H and O–H groups in total. The van der Waals surface area contributed by atoms with Crippen molar-refractivity contribution < 1.29 is 14.6 Å². The van der Waals surface area contributed by atoms with Crippen LogP contribution in [0.5, 0.6) is 5.75 Å². The Morgan fingerprint density at radius 1 is 1.50 bits per heavy atom. The molecule has 1 aliphatic heterocycles. The zero-order chi connectivity index (χ0) is 13.0. The quantitative estimate of drug-likeness (QED) is 0.870. The number of carboxylic acids is 1. The molecule has 0 saturated carbocycles. The summed E-state index contributed by atoms with van der Waals surface area (Å²) >= 11 is 0. The summed E-state index contributed by atoms with van der Waals surface area (Å²) in [7, 11) is 0. The number of aliphatic carboxylic acids is 1. The molecule has 1 aromatic rings. The molecule has 0 fully saturated rings. The van der Waals surface area contributed by atoms with E-state index in [0.717, 1.165) is 31.4 Å². The number of carbonyl (C=O) groups is 1. The third-order valence-electron chi connectivity index (χ3n) is 3.40. The number of ether oxygens (including phenoxy) is 1. The van der Waals surface area contributed by atoms with Gasteiger partial charge in [-0.15, -0.1) is 0 Å². The summed E-state index contributed by atoms with van der Waals surface area (Å²) in [5, 5.41) is 8.72. The van der Waals surface area contributed by atoms with Gasteiger partial charge in [0.2, 0.25) is 0 Å². The van der Waals surface area contributed by atoms with Gasteiger partial charge in [0.15, 0.2) is 0 Å². The number of carboxylic acid groups (broad SMARTS) is 1. The van der Waals surface area contributed by atoms with E-state index in [4.69, 9.17) is 9.84 Å². The molecule has 0 radical (unpaired) electrons. The van der Waals surface area contributed by atoms with Crippen molar-refractivity contribution >= 4 is 5.97 Å². The van der Waals surface area contributed by atoms with Gasteiger partial charge in [0.25, 0.3) is 0 Å². The lowest BCUT2D eigenvalue weighted by Gasteiger charge is -2.27. The normalized spacial score (nSPS) is 17.9. The Hall–Kier alpha value is -1.51. The highest BCUT2D eigenvalue weighted by atomic mass is 16.5. The van der Waals surface area contributed by atoms with Crippen LogP contribution in [-0.2, 0) is 17.6 Å². The fraction of sp³-hybridized carbons (Fsp3) is 0.533. The van der Waals surface area contributed by atoms with Crippen LogP contribution in [0.4, 0.5) is 0 Å². The third-order valence-corrected chi connectivity index (χ3v) is 3.40. The highest BCUT2D eigenvalue weighted by molar-refractivity contribution is 5.66. The van der Waals surface area contributed by atoms with Gasteiger partial charge in [-0.2, -0.15) is 0 Å². The summed E-state index contributed by atoms with van der Waals surface area (Å²) in [4.78, 5) is 10.6. The minimum absolute atomic E-state index is 0.0617. The fourth-order valence-corrected chi connectivity index (χ4v) is 2.48. The average Bonchev–Trinajstić information content (AvgIpc) is 2.37. The second-order valence-electron chi connectivity index (χ2n) is 4.87. The van der Waals surface area contributed by atoms with E-state index in [1.165, 1.54) is 11.1 Å². The first-order chi connectivity index (χ1) is 8.70. The number of hydrogen-bond acceptors (Lipinski definition) is 2. The summed E-state index contributed by atoms with van der Waals surface area (Å²) in [5.41, 5.74) is 2.53. The molecular formula is C15H20O3. The van der Waals surface area contributed by atoms with Gasteiger partial charge in [-0.05, 0) is 36.8 Å². The monoisotopic (exact) mass is 248 g/mol. The highest BCUT2D eigenvalue weighted by Gasteiger charge is 2.22. The summed E-state index contributed by atoms with van der Waals surface area (Å²) in [6.07, 6.45) is 4.90. The Bertz CT molecular complexity index is 426. The first kappa shape index (κ1) is 12.9. The van der Waals surface area contributed by atoms with E-state index in [2.05, 4.69) is 25.1 Å². The van der Waals surface area contributed by atoms with E-state index in [1.807, 2.05) is 0 Å². The molecule has 0 aliphatic carbocycles. The Morgan fingerprint density at radius 3 is 3.06 bits per heavy atom. The molecule has 0 amide bonds. The van der Waals surface area contributed by atoms with Gasteiger partial charge in [-0.25, -0.2) is 0 Å². The second-order valence-corrected chi connectivity index (χ2v) is 4.87. The lowest BCUT2D eigenvalue weighted by atomic mass is 9.96. The van der Waals surface area contributed by atoms with Crippen molar-refractivity contribution in [3.63, 3.8) is 0 Å². The van der Waals surface area contributed by atoms with Crippen LogP contribution in [0.25, 0.3) is 0 Å². The van der Waals surface area contributed by atoms with Crippen molar-refractivity contribution in [2.75, 3.05) is 0 Å². The molecule has 1 heterocycles. The number of benzene rings is 1. The molecule has 0 unspecified atom stereocenters. The molecule has 0 spiro atoms. The van der Waals surface area contributed by atoms with Gasteiger partial charge in [0, 0.05) is 6.42 Å². The maximum absolute atomic E-state index is 10.6. The van der Waals surface area contributed by atoms with Crippen LogP contribution in [0.15, 0.2) is 18.2 Å². The maximum Gasteiger partial charge on any atom is 0.303 e. The Labute approximate surface area is 108 Å². The minimum atomic E-state index is -0.744. The van der Waals surface area contributed by atoms with Crippen LogP contribution in [-0.4, -0.2) is 17.2 Å². The molecular weight excluding hydrogens is 228 g/mol. The van der Waals surface area contributed by atoms with Crippen LogP contribution in [0.1, 0.15) is 43.7 Å². The van der Waals surface area contributed by atoms with Crippen molar-refractivity contribution in [3.05, 3.63) is 29.3 Å². The zero-order valence-electron chi connectivity index (χ0n) is 10.8. The van der Waals surface area contributed by atoms with Crippen molar-refractivity contribution in [1.29, 1.82) is 0 Å². The van der Waals surface area contributed by atoms with Crippen LogP contribution in [0, 0.1) is 0 Å². The predicted octanol–water partition coefficient (Wildman–Crippen LogP) is 3.20. The summed E-state index contributed by atoms with van der Waals surface area (Å²) in [6, 6.07) is 6.31. The van der Waals surface area contributed by atoms with Crippen molar-refractivity contribution in [3.8, 4) is 5.75 Å². The van der Waals surface area contributed by atoms with E-state index in [-0.39, 0.29) is 12.5 Å². The SMILES string of the molecule is CCCc1cccc2c1O[C@H](CCC(=O)O)CC2. The van der Waals surface area contributed by atoms with Crippen molar-refractivity contribution in [1.82, 2.24) is 0 Å². The van der Waals surface area contributed by atoms with E-state index < -0.39 is 5.97 Å². The van der Waals surface area contributed by atoms with E-state index in [1.54, 1.807) is 0 Å². The number of para-hydroxylation sites is 1. The average molecular weight is 248 g/mol. The molecule has 3 heteroatoms. The summed E-state index contributed by atoms with van der Waals surface area (Å²) < 4.78 is 6.00. The maximum atomic E-state index is 10.6. The summed E-state index contributed by atoms with van der Waals surface area (Å²) in [5.74, 6) is 0.271. The Balaban J connectivity index is 2.09. The molecule has 0 saturated heterocycles. The van der Waals surface area contributed by atoms with Gasteiger partial charge in [-0.3, -0.25) is 4.79 Å². The van der Waals surface area contributed by atoms with Crippen LogP contribution < -0.4 is 4.74 Å². The van der Waals surface area contributed by atoms with Crippen LogP contribution in [0.2, 0.25) is 0 Å². The predicted molar refractivity (Wildman–Crippen MR) is 70.0 cm³/mol. The molecule has 1 aliphatic rings. The smallest absolute Gasteiger partial charge is 0.303 e. The summed E-state index contributed by atoms with van der Waals surface area (Å²) in [6.45, 7) is 2.16. The van der Waals surface area contributed by atoms with Gasteiger partial charge in [0.05, 0.1) is 6.10 Å². The molecule has 98 valence electrons. The first-order valence-corrected chi connectivity index (χ1v) is 6.70. The van der Waals surface area contributed by atoms with Crippen molar-refractivity contribution in [2.45, 2.75) is 51.6 Å². The third kappa shape index (κ3) is 3.03. The van der Waals surface area contributed by atoms with Gasteiger partial charge >= 0.3 is 5.97 Å². The van der Waals surface area contributed by atoms with Gasteiger partial charge in [-0.1, -0.05) is 31.5 Å². The van der Waals surface area contributed by atoms with Gasteiger partial charge in [0.1, 0.15) is 5.75 Å². The van der Waals surface area contributed by atoms with E-state index in [9.17, 15) is 4.79 Å². The number of rotatable bonds is 5. The van der Waals surface area contributed by atoms with E-state index >= 15 is 0 Å². The molecule has 1 aromatic carbocycles. The zero-order valence-corrected chi connectivity index (χ0v) is 10.8. The first-order valence-electron chi connectivity index (χ1n) is 6.70. The molecule has 18 heavy (non-hydrogen) atoms. The number of aryl methyl sites for hydroxylation is 2. The lowest BCUT2D eigenvalue weighted by Crippen LogP contribution is -2.24. The minimum Gasteiger partial charge on any atom is -0.490 e. The topological polar surface area (TPSA) is 46.5 Å². The highest BCUT2D eigenvalue weighted by Crippen LogP contribution is 2.33. The lowest BCUT2D eigenvalue weighted by molar-refractivity contribution is -0.137. The number of fused-ring (bicyclic) bond motifs is 1. The van der Waals surface area contributed by atoms with Crippen LogP contribution in [0.3, 0.4) is 0 Å². The Morgan fingerprint density at radius 2 is 2.33 bits per heavy atom.